The lowest BCUT2D eigenvalue weighted by molar-refractivity contribution is 1.24. The maximum atomic E-state index is 2.84. The van der Waals surface area contributed by atoms with Gasteiger partial charge >= 0.3 is 13.7 Å². The van der Waals surface area contributed by atoms with Crippen LogP contribution in [-0.4, -0.2) is 22.7 Å². The van der Waals surface area contributed by atoms with Crippen LogP contribution in [0.3, 0.4) is 0 Å². The summed E-state index contributed by atoms with van der Waals surface area (Å²) in [4.78, 5) is 10.4. The molecule has 542 valence electrons. The number of para-hydroxylation sites is 2. The summed E-state index contributed by atoms with van der Waals surface area (Å²) in [5.74, 6) is 0. The maximum Gasteiger partial charge on any atom is 0.333 e. The zero-order valence-electron chi connectivity index (χ0n) is 63.9. The summed E-state index contributed by atoms with van der Waals surface area (Å²) in [5.41, 5.74) is 27.9. The molecular formula is C110H66B2N6. The van der Waals surface area contributed by atoms with Gasteiger partial charge in [-0.2, -0.15) is 0 Å². The molecule has 0 N–H and O–H groups in total. The number of hydrogen-bond acceptors (Lipinski definition) is 4. The number of aromatic nitrogens is 2. The molecule has 0 radical (unpaired) electrons. The molecule has 0 fully saturated rings. The Morgan fingerprint density at radius 3 is 0.822 bits per heavy atom. The Kier molecular flexibility index (Phi) is 13.1. The van der Waals surface area contributed by atoms with E-state index in [2.05, 4.69) is 429 Å². The predicted molar refractivity (Wildman–Crippen MR) is 503 cm³/mol. The molecule has 118 heavy (non-hydrogen) atoms. The van der Waals surface area contributed by atoms with Gasteiger partial charge in [-0.3, -0.25) is 0 Å². The van der Waals surface area contributed by atoms with Crippen LogP contribution in [0, 0.1) is 0 Å². The molecule has 8 heteroatoms. The molecule has 0 amide bonds. The van der Waals surface area contributed by atoms with Crippen molar-refractivity contribution in [2.24, 2.45) is 0 Å². The van der Waals surface area contributed by atoms with E-state index in [1.807, 2.05) is 0 Å². The minimum absolute atomic E-state index is 0.325. The van der Waals surface area contributed by atoms with Crippen molar-refractivity contribution in [3.05, 3.63) is 400 Å². The van der Waals surface area contributed by atoms with Gasteiger partial charge in [-0.25, -0.2) is 0 Å². The first kappa shape index (κ1) is 64.1. The molecule has 0 aliphatic carbocycles. The normalized spacial score (nSPS) is 13.0. The van der Waals surface area contributed by atoms with Gasteiger partial charge in [0.25, 0.3) is 0 Å². The molecular weight excluding hydrogens is 1430 g/mol. The fourth-order valence-corrected chi connectivity index (χ4v) is 21.6. The first-order valence-electron chi connectivity index (χ1n) is 41.1. The van der Waals surface area contributed by atoms with Crippen LogP contribution in [0.25, 0.3) is 152 Å². The Hall–Kier alpha value is -15.4. The molecule has 4 aliphatic rings. The average Bonchev–Trinajstić information content (AvgIpc) is 0.816. The van der Waals surface area contributed by atoms with Crippen molar-refractivity contribution in [3.63, 3.8) is 0 Å². The lowest BCUT2D eigenvalue weighted by atomic mass is 9.43. The second-order valence-corrected chi connectivity index (χ2v) is 32.6. The third-order valence-corrected chi connectivity index (χ3v) is 26.6. The number of fused-ring (bicyclic) bond motifs is 26. The van der Waals surface area contributed by atoms with E-state index in [0.29, 0.717) is 0 Å². The first-order valence-corrected chi connectivity index (χ1v) is 41.1. The van der Waals surface area contributed by atoms with E-state index in [4.69, 9.17) is 0 Å². The summed E-state index contributed by atoms with van der Waals surface area (Å²) in [6, 6.07) is 153. The zero-order chi connectivity index (χ0) is 76.7. The molecule has 27 rings (SSSR count). The van der Waals surface area contributed by atoms with Gasteiger partial charge in [-0.15, -0.1) is 0 Å². The second kappa shape index (κ2) is 24.1. The van der Waals surface area contributed by atoms with Gasteiger partial charge in [-0.05, 0) is 240 Å². The van der Waals surface area contributed by atoms with E-state index in [1.54, 1.807) is 0 Å². The van der Waals surface area contributed by atoms with E-state index >= 15 is 0 Å². The van der Waals surface area contributed by atoms with Crippen LogP contribution in [0.15, 0.2) is 400 Å². The number of benzene rings is 21. The smallest absolute Gasteiger partial charge is 0.333 e. The Balaban J connectivity index is 0.852. The van der Waals surface area contributed by atoms with Gasteiger partial charge < -0.3 is 28.6 Å². The Labute approximate surface area is 680 Å². The van der Waals surface area contributed by atoms with Crippen molar-refractivity contribution < 1.29 is 0 Å². The van der Waals surface area contributed by atoms with Crippen molar-refractivity contribution >= 4 is 234 Å². The molecule has 2 aromatic heterocycles. The highest BCUT2D eigenvalue weighted by atomic mass is 15.2. The highest BCUT2D eigenvalue weighted by molar-refractivity contribution is 6.93. The number of hydrogen-bond donors (Lipinski definition) is 0. The molecule has 0 bridgehead atoms. The third kappa shape index (κ3) is 8.92. The van der Waals surface area contributed by atoms with E-state index in [9.17, 15) is 0 Å². The fraction of sp³-hybridized carbons (Fsp3) is 0. The van der Waals surface area contributed by atoms with Crippen LogP contribution in [0.5, 0.6) is 0 Å². The molecule has 6 heterocycles. The molecule has 0 atom stereocenters. The van der Waals surface area contributed by atoms with E-state index in [-0.39, 0.29) is 13.7 Å². The number of anilines is 12. The van der Waals surface area contributed by atoms with Gasteiger partial charge in [0.05, 0.1) is 0 Å². The lowest BCUT2D eigenvalue weighted by Crippen LogP contribution is -2.57. The summed E-state index contributed by atoms with van der Waals surface area (Å²) in [6.07, 6.45) is 0. The van der Waals surface area contributed by atoms with Crippen molar-refractivity contribution in [1.82, 2.24) is 8.96 Å². The first-order chi connectivity index (χ1) is 58.5. The summed E-state index contributed by atoms with van der Waals surface area (Å²) in [7, 11) is 0. The third-order valence-electron chi connectivity index (χ3n) is 26.6. The van der Waals surface area contributed by atoms with Crippen LogP contribution in [0.2, 0.25) is 0 Å². The quantitative estimate of drug-likeness (QED) is 0.141. The fourth-order valence-electron chi connectivity index (χ4n) is 21.6. The molecule has 21 aromatic carbocycles. The van der Waals surface area contributed by atoms with Crippen LogP contribution in [0.4, 0.5) is 68.2 Å². The Bertz CT molecular complexity index is 7770. The topological polar surface area (TPSA) is 22.8 Å². The SMILES string of the molecule is c1ccc2cc(N(c3cc4c5c(c3)N(c3ccc6ccccc6c3)c3ccc6ccccc6c3B5n3c5ccccc5c5c6c7c(c-4c53)c3ccccc3n7B3c4c-6cc(N(c5ccc6ccccc6c5)c5ccc6ccccc6c5)cc4N(c4ccc5ccccc5c4)c4ccc5ccccc5c43)c3ccc4ccccc4c3)ccc2c1. The highest BCUT2D eigenvalue weighted by Crippen LogP contribution is 2.59. The maximum absolute atomic E-state index is 2.84. The van der Waals surface area contributed by atoms with Crippen LogP contribution < -0.4 is 41.5 Å². The van der Waals surface area contributed by atoms with Gasteiger partial charge in [0.15, 0.2) is 0 Å². The minimum atomic E-state index is -0.325. The van der Waals surface area contributed by atoms with Crippen LogP contribution >= 0.6 is 0 Å². The number of nitrogens with zero attached hydrogens (tertiary/aromatic N) is 6. The van der Waals surface area contributed by atoms with Crippen molar-refractivity contribution in [2.75, 3.05) is 19.6 Å². The highest BCUT2D eigenvalue weighted by Gasteiger charge is 2.50. The average molecular weight is 1490 g/mol. The molecule has 23 aromatic rings. The van der Waals surface area contributed by atoms with Gasteiger partial charge in [-0.1, -0.05) is 279 Å². The number of rotatable bonds is 8. The molecule has 0 saturated carbocycles. The van der Waals surface area contributed by atoms with Crippen molar-refractivity contribution in [1.29, 1.82) is 0 Å². The minimum Gasteiger partial charge on any atom is -0.375 e. The van der Waals surface area contributed by atoms with E-state index in [0.717, 1.165) is 68.2 Å². The molecule has 6 nitrogen and oxygen atoms in total. The summed E-state index contributed by atoms with van der Waals surface area (Å²) in [6.45, 7) is -0.650. The van der Waals surface area contributed by atoms with Gasteiger partial charge in [0.2, 0.25) is 0 Å². The Morgan fingerprint density at radius 1 is 0.195 bits per heavy atom. The monoisotopic (exact) mass is 1490 g/mol. The van der Waals surface area contributed by atoms with Crippen molar-refractivity contribution in [3.8, 4) is 22.3 Å². The zero-order valence-corrected chi connectivity index (χ0v) is 63.9. The van der Waals surface area contributed by atoms with Crippen LogP contribution in [0.1, 0.15) is 0 Å². The molecule has 4 aliphatic heterocycles. The van der Waals surface area contributed by atoms with Crippen LogP contribution in [-0.2, 0) is 0 Å². The predicted octanol–water partition coefficient (Wildman–Crippen LogP) is 26.9. The lowest BCUT2D eigenvalue weighted by Gasteiger charge is -2.43. The Morgan fingerprint density at radius 2 is 0.475 bits per heavy atom. The second-order valence-electron chi connectivity index (χ2n) is 32.6. The molecule has 0 saturated heterocycles. The van der Waals surface area contributed by atoms with E-state index in [1.165, 1.54) is 174 Å². The summed E-state index contributed by atoms with van der Waals surface area (Å²) >= 11 is 0. The van der Waals surface area contributed by atoms with Gasteiger partial charge in [0, 0.05) is 123 Å². The molecule has 0 unspecified atom stereocenters. The standard InChI is InChI=1S/C110H66B2N6/c1-7-29-75-57-81(49-41-67(75)21-1)113(82-50-42-68-22-2-8-30-76(68)58-82)87-63-93-103-101-91-37-17-19-39-95(91)118-110(101)104(102-92-38-18-20-40-96(92)117(109(102)103)111-105-89-35-15-13-27-73(89)47-55-97(105)115(99(65-87)107(93)111)85-53-45-71-25-5-11-33-79(71)61-85)94-64-88(114(83-51-43-69-23-3-9-31-77(69)59-83)84-52-44-70-24-4-10-32-78(70)60-84)66-100-108(94)112(118)106-90-36-16-14-28-74(90)48-56-98(106)116(100)86-54-46-72-26-6-12-34-80(72)62-86/h1-66H. The summed E-state index contributed by atoms with van der Waals surface area (Å²) in [5, 5.41) is 24.0. The largest absolute Gasteiger partial charge is 0.375 e. The van der Waals surface area contributed by atoms with Gasteiger partial charge in [0.1, 0.15) is 0 Å². The van der Waals surface area contributed by atoms with E-state index < -0.39 is 0 Å². The van der Waals surface area contributed by atoms with Crippen molar-refractivity contribution in [2.45, 2.75) is 0 Å². The summed E-state index contributed by atoms with van der Waals surface area (Å²) < 4.78 is 5.67. The molecule has 0 spiro atoms.